The first-order valence-electron chi connectivity index (χ1n) is 11.2. The zero-order chi connectivity index (χ0) is 25.4. The van der Waals surface area contributed by atoms with Crippen LogP contribution in [-0.4, -0.2) is 29.9 Å². The summed E-state index contributed by atoms with van der Waals surface area (Å²) in [6.45, 7) is 5.07. The van der Waals surface area contributed by atoms with Crippen molar-refractivity contribution in [2.75, 3.05) is 13.4 Å². The number of esters is 2. The summed E-state index contributed by atoms with van der Waals surface area (Å²) in [7, 11) is 0. The summed E-state index contributed by atoms with van der Waals surface area (Å²) >= 11 is 1.21. The molecule has 1 atom stereocenters. The third kappa shape index (κ3) is 4.31. The van der Waals surface area contributed by atoms with Gasteiger partial charge in [-0.1, -0.05) is 29.5 Å². The number of ether oxygens (including phenoxy) is 4. The smallest absolute Gasteiger partial charge is 0.338 e. The van der Waals surface area contributed by atoms with Crippen molar-refractivity contribution in [3.05, 3.63) is 84.5 Å². The maximum absolute atomic E-state index is 13.7. The topological polar surface area (TPSA) is 105 Å². The molecule has 0 fully saturated rings. The lowest BCUT2D eigenvalue weighted by Gasteiger charge is -2.24. The van der Waals surface area contributed by atoms with Crippen molar-refractivity contribution in [1.82, 2.24) is 4.57 Å². The predicted molar refractivity (Wildman–Crippen MR) is 131 cm³/mol. The number of thiazole rings is 1. The standard InChI is InChI=1S/C26H22N2O7S/c1-4-32-25(31)22-14(2)27-26-28(23(22)17-8-9-19-20(12-17)34-13-33-19)24(30)21(36-26)11-16-6-5-7-18(10-16)35-15(3)29/h5-12,23H,4,13H2,1-3H3/b21-11-. The van der Waals surface area contributed by atoms with Crippen molar-refractivity contribution in [2.24, 2.45) is 4.99 Å². The Kier molecular flexibility index (Phi) is 6.19. The first-order valence-corrected chi connectivity index (χ1v) is 12.0. The van der Waals surface area contributed by atoms with E-state index in [9.17, 15) is 14.4 Å². The van der Waals surface area contributed by atoms with Gasteiger partial charge in [0, 0.05) is 6.92 Å². The van der Waals surface area contributed by atoms with E-state index >= 15 is 0 Å². The largest absolute Gasteiger partial charge is 0.463 e. The number of hydrogen-bond acceptors (Lipinski definition) is 9. The van der Waals surface area contributed by atoms with E-state index in [1.807, 2.05) is 0 Å². The van der Waals surface area contributed by atoms with Crippen LogP contribution in [0, 0.1) is 0 Å². The zero-order valence-electron chi connectivity index (χ0n) is 19.8. The molecule has 0 radical (unpaired) electrons. The Morgan fingerprint density at radius 3 is 2.78 bits per heavy atom. The minimum atomic E-state index is -0.760. The quantitative estimate of drug-likeness (QED) is 0.387. The molecule has 2 aliphatic heterocycles. The molecule has 3 heterocycles. The van der Waals surface area contributed by atoms with Crippen LogP contribution in [0.15, 0.2) is 63.5 Å². The van der Waals surface area contributed by atoms with Gasteiger partial charge in [0.1, 0.15) is 5.75 Å². The lowest BCUT2D eigenvalue weighted by Crippen LogP contribution is -2.39. The van der Waals surface area contributed by atoms with Crippen LogP contribution in [0.1, 0.15) is 37.9 Å². The average Bonchev–Trinajstić information content (AvgIpc) is 3.42. The highest BCUT2D eigenvalue weighted by atomic mass is 32.1. The molecule has 0 spiro atoms. The molecule has 0 bridgehead atoms. The molecule has 0 aliphatic carbocycles. The van der Waals surface area contributed by atoms with Crippen LogP contribution < -0.4 is 29.1 Å². The minimum Gasteiger partial charge on any atom is -0.463 e. The van der Waals surface area contributed by atoms with Crippen molar-refractivity contribution < 1.29 is 28.5 Å². The van der Waals surface area contributed by atoms with E-state index in [0.29, 0.717) is 43.4 Å². The lowest BCUT2D eigenvalue weighted by atomic mass is 9.95. The van der Waals surface area contributed by atoms with Gasteiger partial charge >= 0.3 is 11.9 Å². The minimum absolute atomic E-state index is 0.105. The van der Waals surface area contributed by atoms with Crippen LogP contribution in [0.3, 0.4) is 0 Å². The third-order valence-corrected chi connectivity index (χ3v) is 6.63. The molecule has 2 aliphatic rings. The Morgan fingerprint density at radius 1 is 1.19 bits per heavy atom. The van der Waals surface area contributed by atoms with Crippen molar-refractivity contribution in [1.29, 1.82) is 0 Å². The van der Waals surface area contributed by atoms with Crippen LogP contribution in [0.25, 0.3) is 6.08 Å². The normalized spacial score (nSPS) is 16.4. The number of carbonyl (C=O) groups excluding carboxylic acids is 2. The first-order chi connectivity index (χ1) is 17.4. The third-order valence-electron chi connectivity index (χ3n) is 5.65. The van der Waals surface area contributed by atoms with Gasteiger partial charge < -0.3 is 18.9 Å². The summed E-state index contributed by atoms with van der Waals surface area (Å²) in [5, 5.41) is 0. The van der Waals surface area contributed by atoms with Crippen molar-refractivity contribution in [3.63, 3.8) is 0 Å². The van der Waals surface area contributed by atoms with Crippen LogP contribution in [0.4, 0.5) is 0 Å². The van der Waals surface area contributed by atoms with Crippen molar-refractivity contribution in [3.8, 4) is 17.2 Å². The number of fused-ring (bicyclic) bond motifs is 2. The second-order valence-electron chi connectivity index (χ2n) is 8.08. The Morgan fingerprint density at radius 2 is 2.00 bits per heavy atom. The van der Waals surface area contributed by atoms with Gasteiger partial charge in [0.2, 0.25) is 6.79 Å². The highest BCUT2D eigenvalue weighted by molar-refractivity contribution is 7.07. The Balaban J connectivity index is 1.68. The lowest BCUT2D eigenvalue weighted by molar-refractivity contribution is -0.139. The van der Waals surface area contributed by atoms with Crippen molar-refractivity contribution in [2.45, 2.75) is 26.8 Å². The number of benzene rings is 2. The first kappa shape index (κ1) is 23.6. The van der Waals surface area contributed by atoms with E-state index in [1.54, 1.807) is 62.4 Å². The molecule has 3 aromatic rings. The SMILES string of the molecule is CCOC(=O)C1=C(C)N=c2s/c(=C\c3cccc(OC(C)=O)c3)c(=O)n2C1c1ccc2c(c1)OCO2. The van der Waals surface area contributed by atoms with Gasteiger partial charge in [0.25, 0.3) is 5.56 Å². The Labute approximate surface area is 209 Å². The number of carbonyl (C=O) groups is 2. The van der Waals surface area contributed by atoms with E-state index in [4.69, 9.17) is 18.9 Å². The fourth-order valence-electron chi connectivity index (χ4n) is 4.18. The second-order valence-corrected chi connectivity index (χ2v) is 9.09. The van der Waals surface area contributed by atoms with Gasteiger partial charge in [-0.2, -0.15) is 0 Å². The van der Waals surface area contributed by atoms with Gasteiger partial charge in [0.15, 0.2) is 16.3 Å². The van der Waals surface area contributed by atoms with E-state index < -0.39 is 18.0 Å². The molecule has 9 nitrogen and oxygen atoms in total. The zero-order valence-corrected chi connectivity index (χ0v) is 20.6. The fraction of sp³-hybridized carbons (Fsp3) is 0.231. The maximum atomic E-state index is 13.7. The summed E-state index contributed by atoms with van der Waals surface area (Å²) in [6, 6.07) is 11.4. The maximum Gasteiger partial charge on any atom is 0.338 e. The van der Waals surface area contributed by atoms with Crippen LogP contribution in [-0.2, 0) is 14.3 Å². The summed E-state index contributed by atoms with van der Waals surface area (Å²) in [5.41, 5.74) is 1.79. The van der Waals surface area contributed by atoms with Gasteiger partial charge in [0.05, 0.1) is 28.5 Å². The fourth-order valence-corrected chi connectivity index (χ4v) is 5.22. The number of allylic oxidation sites excluding steroid dienone is 1. The van der Waals surface area contributed by atoms with Gasteiger partial charge in [-0.3, -0.25) is 14.2 Å². The molecule has 0 amide bonds. The predicted octanol–water partition coefficient (Wildman–Crippen LogP) is 2.45. The molecule has 5 rings (SSSR count). The molecule has 1 unspecified atom stereocenters. The second kappa shape index (κ2) is 9.46. The molecule has 36 heavy (non-hydrogen) atoms. The summed E-state index contributed by atoms with van der Waals surface area (Å²) in [4.78, 5) is 43.1. The molecule has 10 heteroatoms. The average molecular weight is 507 g/mol. The molecule has 2 aromatic carbocycles. The van der Waals surface area contributed by atoms with E-state index in [2.05, 4.69) is 4.99 Å². The van der Waals surface area contributed by atoms with Crippen LogP contribution >= 0.6 is 11.3 Å². The Bertz CT molecular complexity index is 1600. The van der Waals surface area contributed by atoms with E-state index in [-0.39, 0.29) is 24.5 Å². The summed E-state index contributed by atoms with van der Waals surface area (Å²) in [5.74, 6) is 0.539. The number of hydrogen-bond donors (Lipinski definition) is 0. The van der Waals surface area contributed by atoms with Gasteiger partial charge in [-0.15, -0.1) is 0 Å². The molecule has 0 saturated heterocycles. The van der Waals surface area contributed by atoms with Gasteiger partial charge in [-0.25, -0.2) is 9.79 Å². The highest BCUT2D eigenvalue weighted by Gasteiger charge is 2.34. The summed E-state index contributed by atoms with van der Waals surface area (Å²) < 4.78 is 23.4. The van der Waals surface area contributed by atoms with Crippen molar-refractivity contribution >= 4 is 29.4 Å². The molecule has 1 aromatic heterocycles. The Hall–Kier alpha value is -4.18. The number of nitrogens with zero attached hydrogens (tertiary/aromatic N) is 2. The summed E-state index contributed by atoms with van der Waals surface area (Å²) in [6.07, 6.45) is 1.71. The highest BCUT2D eigenvalue weighted by Crippen LogP contribution is 2.38. The molecule has 184 valence electrons. The molecule has 0 saturated carbocycles. The number of rotatable bonds is 5. The van der Waals surface area contributed by atoms with Gasteiger partial charge in [-0.05, 0) is 55.3 Å². The van der Waals surface area contributed by atoms with Crippen LogP contribution in [0.5, 0.6) is 17.2 Å². The molecular weight excluding hydrogens is 484 g/mol. The number of aromatic nitrogens is 1. The monoisotopic (exact) mass is 506 g/mol. The molecular formula is C26H22N2O7S. The van der Waals surface area contributed by atoms with E-state index in [0.717, 1.165) is 0 Å². The van der Waals surface area contributed by atoms with Crippen LogP contribution in [0.2, 0.25) is 0 Å². The van der Waals surface area contributed by atoms with E-state index in [1.165, 1.54) is 22.8 Å². The molecule has 0 N–H and O–H groups in total.